The third kappa shape index (κ3) is 1.25. The molecule has 0 amide bonds. The first-order chi connectivity index (χ1) is 5.54. The van der Waals surface area contributed by atoms with Crippen LogP contribution in [0, 0.1) is 0 Å². The van der Waals surface area contributed by atoms with Crippen LogP contribution < -0.4 is 4.90 Å². The number of aryl methyl sites for hydroxylation is 1. The number of hydrogen-bond donors (Lipinski definition) is 1. The Labute approximate surface area is 70.2 Å². The minimum absolute atomic E-state index is 0.208. The third-order valence-corrected chi connectivity index (χ3v) is 1.60. The van der Waals surface area contributed by atoms with E-state index in [2.05, 4.69) is 5.10 Å². The molecule has 0 aliphatic rings. The fraction of sp³-hybridized carbons (Fsp3) is 0.429. The number of carboxylic acids is 1. The maximum absolute atomic E-state index is 10.7. The van der Waals surface area contributed by atoms with Gasteiger partial charge >= 0.3 is 5.97 Å². The highest BCUT2D eigenvalue weighted by Gasteiger charge is 2.16. The van der Waals surface area contributed by atoms with E-state index in [0.29, 0.717) is 5.69 Å². The Morgan fingerprint density at radius 2 is 2.25 bits per heavy atom. The monoisotopic (exact) mass is 169 g/mol. The molecule has 1 heterocycles. The number of hydrogen-bond acceptors (Lipinski definition) is 3. The highest BCUT2D eigenvalue weighted by atomic mass is 16.4. The predicted octanol–water partition coefficient (Wildman–Crippen LogP) is 0.184. The first kappa shape index (κ1) is 8.58. The van der Waals surface area contributed by atoms with Crippen LogP contribution in [0.3, 0.4) is 0 Å². The SMILES string of the molecule is CN(C)c1cnn(C)c1C(=O)O. The van der Waals surface area contributed by atoms with E-state index >= 15 is 0 Å². The van der Waals surface area contributed by atoms with E-state index in [-0.39, 0.29) is 5.69 Å². The second-order valence-electron chi connectivity index (χ2n) is 2.70. The van der Waals surface area contributed by atoms with Gasteiger partial charge in [0.2, 0.25) is 0 Å². The molecule has 0 saturated carbocycles. The summed E-state index contributed by atoms with van der Waals surface area (Å²) in [4.78, 5) is 12.4. The van der Waals surface area contributed by atoms with Crippen LogP contribution in [0.2, 0.25) is 0 Å². The van der Waals surface area contributed by atoms with Gasteiger partial charge < -0.3 is 10.0 Å². The average molecular weight is 169 g/mol. The maximum atomic E-state index is 10.7. The lowest BCUT2D eigenvalue weighted by Crippen LogP contribution is -2.14. The number of anilines is 1. The minimum atomic E-state index is -0.960. The van der Waals surface area contributed by atoms with Crippen molar-refractivity contribution in [2.75, 3.05) is 19.0 Å². The molecular formula is C7H11N3O2. The molecule has 1 aromatic heterocycles. The first-order valence-electron chi connectivity index (χ1n) is 3.46. The number of carboxylic acid groups (broad SMARTS) is 1. The summed E-state index contributed by atoms with van der Waals surface area (Å²) in [6.45, 7) is 0. The summed E-state index contributed by atoms with van der Waals surface area (Å²) in [5, 5.41) is 12.6. The van der Waals surface area contributed by atoms with Crippen LogP contribution in [-0.4, -0.2) is 35.0 Å². The second kappa shape index (κ2) is 2.84. The van der Waals surface area contributed by atoms with Crippen molar-refractivity contribution in [3.63, 3.8) is 0 Å². The van der Waals surface area contributed by atoms with Crippen molar-refractivity contribution in [2.45, 2.75) is 0 Å². The Morgan fingerprint density at radius 3 is 2.58 bits per heavy atom. The smallest absolute Gasteiger partial charge is 0.356 e. The number of aromatic nitrogens is 2. The van der Waals surface area contributed by atoms with Crippen molar-refractivity contribution < 1.29 is 9.90 Å². The Hall–Kier alpha value is -1.52. The Morgan fingerprint density at radius 1 is 1.67 bits per heavy atom. The molecule has 0 saturated heterocycles. The van der Waals surface area contributed by atoms with Crippen LogP contribution >= 0.6 is 0 Å². The summed E-state index contributed by atoms with van der Waals surface area (Å²) >= 11 is 0. The van der Waals surface area contributed by atoms with E-state index < -0.39 is 5.97 Å². The quantitative estimate of drug-likeness (QED) is 0.686. The van der Waals surface area contributed by atoms with Gasteiger partial charge in [0, 0.05) is 21.1 Å². The van der Waals surface area contributed by atoms with E-state index in [1.54, 1.807) is 26.0 Å². The van der Waals surface area contributed by atoms with Crippen LogP contribution in [0.25, 0.3) is 0 Å². The van der Waals surface area contributed by atoms with Gasteiger partial charge in [-0.25, -0.2) is 4.79 Å². The van der Waals surface area contributed by atoms with Crippen molar-refractivity contribution in [1.29, 1.82) is 0 Å². The molecule has 1 aromatic rings. The molecule has 5 heteroatoms. The summed E-state index contributed by atoms with van der Waals surface area (Å²) in [5.41, 5.74) is 0.824. The van der Waals surface area contributed by atoms with Gasteiger partial charge in [-0.1, -0.05) is 0 Å². The molecule has 0 bridgehead atoms. The highest BCUT2D eigenvalue weighted by molar-refractivity contribution is 5.92. The molecule has 0 aliphatic carbocycles. The van der Waals surface area contributed by atoms with Crippen LogP contribution in [0.4, 0.5) is 5.69 Å². The zero-order chi connectivity index (χ0) is 9.30. The lowest BCUT2D eigenvalue weighted by atomic mass is 10.3. The highest BCUT2D eigenvalue weighted by Crippen LogP contribution is 2.16. The lowest BCUT2D eigenvalue weighted by molar-refractivity contribution is 0.0686. The molecular weight excluding hydrogens is 158 g/mol. The molecule has 1 rings (SSSR count). The van der Waals surface area contributed by atoms with Crippen LogP contribution in [-0.2, 0) is 7.05 Å². The van der Waals surface area contributed by atoms with Gasteiger partial charge in [0.15, 0.2) is 5.69 Å². The van der Waals surface area contributed by atoms with Crippen LogP contribution in [0.15, 0.2) is 6.20 Å². The molecule has 0 aromatic carbocycles. The summed E-state index contributed by atoms with van der Waals surface area (Å²) in [6, 6.07) is 0. The van der Waals surface area contributed by atoms with Crippen LogP contribution in [0.1, 0.15) is 10.5 Å². The van der Waals surface area contributed by atoms with Crippen LogP contribution in [0.5, 0.6) is 0 Å². The summed E-state index contributed by atoms with van der Waals surface area (Å²) in [5.74, 6) is -0.960. The molecule has 0 fully saturated rings. The molecule has 0 spiro atoms. The van der Waals surface area contributed by atoms with Gasteiger partial charge in [-0.15, -0.1) is 0 Å². The van der Waals surface area contributed by atoms with E-state index in [4.69, 9.17) is 5.11 Å². The van der Waals surface area contributed by atoms with Crippen molar-refractivity contribution in [3.05, 3.63) is 11.9 Å². The van der Waals surface area contributed by atoms with Gasteiger partial charge in [0.25, 0.3) is 0 Å². The summed E-state index contributed by atoms with van der Waals surface area (Å²) in [6.07, 6.45) is 1.53. The van der Waals surface area contributed by atoms with Gasteiger partial charge in [-0.05, 0) is 0 Å². The first-order valence-corrected chi connectivity index (χ1v) is 3.46. The standard InChI is InChI=1S/C7H11N3O2/c1-9(2)5-4-8-10(3)6(5)7(11)12/h4H,1-3H3,(H,11,12). The van der Waals surface area contributed by atoms with Crippen molar-refractivity contribution in [1.82, 2.24) is 9.78 Å². The molecule has 0 radical (unpaired) electrons. The topological polar surface area (TPSA) is 58.4 Å². The van der Waals surface area contributed by atoms with E-state index in [9.17, 15) is 4.79 Å². The fourth-order valence-electron chi connectivity index (χ4n) is 1.00. The van der Waals surface area contributed by atoms with Gasteiger partial charge in [-0.2, -0.15) is 5.10 Å². The van der Waals surface area contributed by atoms with Gasteiger partial charge in [0.05, 0.1) is 11.9 Å². The average Bonchev–Trinajstić information content (AvgIpc) is 2.30. The third-order valence-electron chi connectivity index (χ3n) is 1.60. The normalized spacial score (nSPS) is 9.92. The summed E-state index contributed by atoms with van der Waals surface area (Å²) < 4.78 is 1.34. The number of nitrogens with zero attached hydrogens (tertiary/aromatic N) is 3. The van der Waals surface area contributed by atoms with Crippen molar-refractivity contribution in [2.24, 2.45) is 7.05 Å². The van der Waals surface area contributed by atoms with Gasteiger partial charge in [-0.3, -0.25) is 4.68 Å². The number of rotatable bonds is 2. The molecule has 0 unspecified atom stereocenters. The Bertz CT molecular complexity index is 304. The van der Waals surface area contributed by atoms with Crippen molar-refractivity contribution >= 4 is 11.7 Å². The Kier molecular flexibility index (Phi) is 2.03. The zero-order valence-corrected chi connectivity index (χ0v) is 7.27. The second-order valence-corrected chi connectivity index (χ2v) is 2.70. The Balaban J connectivity index is 3.21. The summed E-state index contributed by atoms with van der Waals surface area (Å²) in [7, 11) is 5.17. The largest absolute Gasteiger partial charge is 0.476 e. The molecule has 0 atom stereocenters. The maximum Gasteiger partial charge on any atom is 0.356 e. The predicted molar refractivity (Wildman–Crippen MR) is 44.5 cm³/mol. The molecule has 12 heavy (non-hydrogen) atoms. The fourth-order valence-corrected chi connectivity index (χ4v) is 1.00. The number of carbonyl (C=O) groups is 1. The minimum Gasteiger partial charge on any atom is -0.476 e. The molecule has 5 nitrogen and oxygen atoms in total. The van der Waals surface area contributed by atoms with E-state index in [1.165, 1.54) is 10.9 Å². The molecule has 66 valence electrons. The van der Waals surface area contributed by atoms with Crippen molar-refractivity contribution in [3.8, 4) is 0 Å². The number of aromatic carboxylic acids is 1. The zero-order valence-electron chi connectivity index (χ0n) is 7.27. The van der Waals surface area contributed by atoms with E-state index in [0.717, 1.165) is 0 Å². The lowest BCUT2D eigenvalue weighted by Gasteiger charge is -2.10. The van der Waals surface area contributed by atoms with E-state index in [1.807, 2.05) is 0 Å². The molecule has 1 N–H and O–H groups in total. The van der Waals surface area contributed by atoms with Gasteiger partial charge in [0.1, 0.15) is 0 Å². The molecule has 0 aliphatic heterocycles.